The molecule has 220 valence electrons. The van der Waals surface area contributed by atoms with Crippen LogP contribution in [-0.4, -0.2) is 82.0 Å². The first-order valence-electron chi connectivity index (χ1n) is 14.2. The maximum atomic E-state index is 15.7. The summed E-state index contributed by atoms with van der Waals surface area (Å²) < 4.78 is 31.3. The van der Waals surface area contributed by atoms with Crippen LogP contribution in [0.5, 0.6) is 5.88 Å². The Morgan fingerprint density at radius 2 is 2.02 bits per heavy atom. The van der Waals surface area contributed by atoms with Crippen molar-refractivity contribution in [3.63, 3.8) is 0 Å². The van der Waals surface area contributed by atoms with Gasteiger partial charge in [-0.1, -0.05) is 5.21 Å². The molecule has 0 aliphatic carbocycles. The van der Waals surface area contributed by atoms with Crippen molar-refractivity contribution >= 4 is 27.8 Å². The number of rotatable bonds is 9. The molecule has 1 atom stereocenters. The lowest BCUT2D eigenvalue weighted by Crippen LogP contribution is -2.29. The molecule has 0 saturated carbocycles. The van der Waals surface area contributed by atoms with Gasteiger partial charge in [0.25, 0.3) is 0 Å². The zero-order chi connectivity index (χ0) is 29.4. The second-order valence-corrected chi connectivity index (χ2v) is 10.8. The van der Waals surface area contributed by atoms with Gasteiger partial charge in [0, 0.05) is 64.4 Å². The third kappa shape index (κ3) is 4.84. The van der Waals surface area contributed by atoms with Gasteiger partial charge in [0.1, 0.15) is 17.2 Å². The summed E-state index contributed by atoms with van der Waals surface area (Å²) in [5, 5.41) is 12.4. The van der Waals surface area contributed by atoms with Gasteiger partial charge < -0.3 is 24.3 Å². The first-order valence-corrected chi connectivity index (χ1v) is 14.2. The number of pyridine rings is 3. The highest BCUT2D eigenvalue weighted by molar-refractivity contribution is 6.10. The molecule has 0 spiro atoms. The summed E-state index contributed by atoms with van der Waals surface area (Å²) in [5.74, 6) is 0.952. The summed E-state index contributed by atoms with van der Waals surface area (Å²) >= 11 is 0. The van der Waals surface area contributed by atoms with Crippen molar-refractivity contribution in [3.05, 3.63) is 53.9 Å². The molecule has 1 N–H and O–H groups in total. The Labute approximate surface area is 243 Å². The maximum Gasteiger partial charge on any atom is 0.226 e. The van der Waals surface area contributed by atoms with Gasteiger partial charge in [-0.15, -0.1) is 5.10 Å². The summed E-state index contributed by atoms with van der Waals surface area (Å²) in [5.41, 5.74) is 5.34. The number of nitrogens with one attached hydrogen (secondary N) is 1. The van der Waals surface area contributed by atoms with Gasteiger partial charge in [0.05, 0.1) is 46.7 Å². The molecule has 0 radical (unpaired) electrons. The predicted octanol–water partition coefficient (Wildman–Crippen LogP) is 3.90. The third-order valence-electron chi connectivity index (χ3n) is 8.18. The van der Waals surface area contributed by atoms with E-state index in [1.165, 1.54) is 6.07 Å². The van der Waals surface area contributed by atoms with Crippen molar-refractivity contribution in [1.29, 1.82) is 0 Å². The molecule has 6 heterocycles. The SMILES string of the molecule is CNCCN(C)c1cc2c(c(OC)n1)c1ncc(-c3c(C)nnn3C)cc1n2[C@H](c1ncccc1F)C1CCOCC1. The average Bonchev–Trinajstić information content (AvgIpc) is 3.52. The van der Waals surface area contributed by atoms with Crippen molar-refractivity contribution in [1.82, 2.24) is 39.8 Å². The largest absolute Gasteiger partial charge is 0.480 e. The van der Waals surface area contributed by atoms with E-state index < -0.39 is 6.04 Å². The zero-order valence-electron chi connectivity index (χ0n) is 24.6. The van der Waals surface area contributed by atoms with Crippen LogP contribution in [0.25, 0.3) is 33.2 Å². The van der Waals surface area contributed by atoms with E-state index in [0.29, 0.717) is 24.8 Å². The van der Waals surface area contributed by atoms with Gasteiger partial charge in [-0.25, -0.2) is 9.07 Å². The van der Waals surface area contributed by atoms with Crippen LogP contribution in [0.15, 0.2) is 36.7 Å². The Morgan fingerprint density at radius 3 is 2.71 bits per heavy atom. The van der Waals surface area contributed by atoms with Crippen molar-refractivity contribution < 1.29 is 13.9 Å². The predicted molar refractivity (Wildman–Crippen MR) is 159 cm³/mol. The molecule has 5 aromatic rings. The molecule has 11 nitrogen and oxygen atoms in total. The van der Waals surface area contributed by atoms with Crippen molar-refractivity contribution in [2.75, 3.05) is 52.4 Å². The standard InChI is InChI=1S/C30H36FN9O2/c1-18-28(39(4)37-36-18)20-15-23-27(34-17-20)25-22(16-24(35-30(25)41-5)38(3)12-11-32-2)40(23)29(19-8-13-42-14-9-19)26-21(31)7-6-10-33-26/h6-7,10,15-17,19,29,32H,8-9,11-14H2,1-5H3/t29-/m0/s1. The number of hydrogen-bond donors (Lipinski definition) is 1. The molecule has 5 aromatic heterocycles. The molecule has 1 fully saturated rings. The fraction of sp³-hybridized carbons (Fsp3) is 0.433. The molecular weight excluding hydrogens is 537 g/mol. The van der Waals surface area contributed by atoms with E-state index >= 15 is 4.39 Å². The van der Waals surface area contributed by atoms with E-state index in [4.69, 9.17) is 19.4 Å². The molecule has 0 unspecified atom stereocenters. The second-order valence-electron chi connectivity index (χ2n) is 10.8. The number of methoxy groups -OCH3 is 1. The Morgan fingerprint density at radius 1 is 1.21 bits per heavy atom. The van der Waals surface area contributed by atoms with Gasteiger partial charge in [-0.3, -0.25) is 9.97 Å². The monoisotopic (exact) mass is 573 g/mol. The number of ether oxygens (including phenoxy) is 2. The van der Waals surface area contributed by atoms with E-state index in [9.17, 15) is 0 Å². The molecule has 6 rings (SSSR count). The summed E-state index contributed by atoms with van der Waals surface area (Å²) in [4.78, 5) is 16.6. The number of anilines is 1. The molecule has 1 saturated heterocycles. The summed E-state index contributed by atoms with van der Waals surface area (Å²) in [7, 11) is 7.41. The molecule has 42 heavy (non-hydrogen) atoms. The van der Waals surface area contributed by atoms with Crippen LogP contribution in [0.4, 0.5) is 10.2 Å². The number of aromatic nitrogens is 7. The number of nitrogens with zero attached hydrogens (tertiary/aromatic N) is 8. The molecule has 0 amide bonds. The minimum Gasteiger partial charge on any atom is -0.480 e. The van der Waals surface area contributed by atoms with Gasteiger partial charge in [-0.2, -0.15) is 4.98 Å². The molecule has 12 heteroatoms. The number of hydrogen-bond acceptors (Lipinski definition) is 9. The number of fused-ring (bicyclic) bond motifs is 3. The molecule has 1 aliphatic rings. The van der Waals surface area contributed by atoms with E-state index in [-0.39, 0.29) is 11.7 Å². The fourth-order valence-corrected chi connectivity index (χ4v) is 6.09. The Kier molecular flexibility index (Phi) is 7.74. The summed E-state index contributed by atoms with van der Waals surface area (Å²) in [6, 6.07) is 6.84. The first-order chi connectivity index (χ1) is 20.4. The van der Waals surface area contributed by atoms with Crippen molar-refractivity contribution in [2.24, 2.45) is 13.0 Å². The van der Waals surface area contributed by atoms with Gasteiger partial charge >= 0.3 is 0 Å². The highest BCUT2D eigenvalue weighted by Gasteiger charge is 2.34. The minimum absolute atomic E-state index is 0.0790. The third-order valence-corrected chi connectivity index (χ3v) is 8.18. The summed E-state index contributed by atoms with van der Waals surface area (Å²) in [6.45, 7) is 4.68. The van der Waals surface area contributed by atoms with Gasteiger partial charge in [0.15, 0.2) is 0 Å². The highest BCUT2D eigenvalue weighted by atomic mass is 19.1. The Balaban J connectivity index is 1.71. The number of halogens is 1. The molecular formula is C30H36FN9O2. The topological polar surface area (TPSA) is 108 Å². The van der Waals surface area contributed by atoms with Crippen LogP contribution in [0.2, 0.25) is 0 Å². The van der Waals surface area contributed by atoms with Crippen LogP contribution >= 0.6 is 0 Å². The first kappa shape index (κ1) is 28.0. The Bertz CT molecular complexity index is 1710. The quantitative estimate of drug-likeness (QED) is 0.281. The number of likely N-dealkylation sites (N-methyl/N-ethyl adjacent to an activating group) is 2. The lowest BCUT2D eigenvalue weighted by Gasteiger charge is -2.32. The summed E-state index contributed by atoms with van der Waals surface area (Å²) in [6.07, 6.45) is 5.04. The van der Waals surface area contributed by atoms with E-state index in [0.717, 1.165) is 70.6 Å². The van der Waals surface area contributed by atoms with Crippen LogP contribution in [0.1, 0.15) is 30.3 Å². The van der Waals surface area contributed by atoms with Crippen molar-refractivity contribution in [2.45, 2.75) is 25.8 Å². The minimum atomic E-state index is -0.416. The normalized spacial score (nSPS) is 15.0. The highest BCUT2D eigenvalue weighted by Crippen LogP contribution is 2.44. The lowest BCUT2D eigenvalue weighted by molar-refractivity contribution is 0.0543. The fourth-order valence-electron chi connectivity index (χ4n) is 6.09. The molecule has 1 aliphatic heterocycles. The second kappa shape index (κ2) is 11.6. The van der Waals surface area contributed by atoms with E-state index in [1.54, 1.807) is 24.1 Å². The van der Waals surface area contributed by atoms with Crippen LogP contribution < -0.4 is 15.0 Å². The molecule has 0 aromatic carbocycles. The number of aryl methyl sites for hydroxylation is 2. The lowest BCUT2D eigenvalue weighted by atomic mass is 9.88. The average molecular weight is 574 g/mol. The molecule has 0 bridgehead atoms. The smallest absolute Gasteiger partial charge is 0.226 e. The van der Waals surface area contributed by atoms with Crippen LogP contribution in [-0.2, 0) is 11.8 Å². The zero-order valence-corrected chi connectivity index (χ0v) is 24.6. The van der Waals surface area contributed by atoms with E-state index in [2.05, 4.69) is 42.2 Å². The van der Waals surface area contributed by atoms with Gasteiger partial charge in [-0.05, 0) is 50.9 Å². The van der Waals surface area contributed by atoms with Crippen LogP contribution in [0.3, 0.4) is 0 Å². The van der Waals surface area contributed by atoms with Crippen LogP contribution in [0, 0.1) is 18.7 Å². The van der Waals surface area contributed by atoms with Crippen molar-refractivity contribution in [3.8, 4) is 17.1 Å². The van der Waals surface area contributed by atoms with E-state index in [1.807, 2.05) is 34.3 Å². The van der Waals surface area contributed by atoms with Gasteiger partial charge in [0.2, 0.25) is 5.88 Å². The Hall–Kier alpha value is -4.16. The maximum absolute atomic E-state index is 15.7.